The van der Waals surface area contributed by atoms with E-state index < -0.39 is 5.97 Å². The van der Waals surface area contributed by atoms with Crippen LogP contribution in [0.3, 0.4) is 0 Å². The van der Waals surface area contributed by atoms with Gasteiger partial charge in [-0.15, -0.1) is 0 Å². The zero-order valence-corrected chi connectivity index (χ0v) is 12.1. The molecule has 0 aromatic carbocycles. The van der Waals surface area contributed by atoms with Gasteiger partial charge in [0.2, 0.25) is 5.76 Å². The van der Waals surface area contributed by atoms with Crippen molar-refractivity contribution in [2.45, 2.75) is 26.4 Å². The normalized spacial score (nSPS) is 12.4. The number of rotatable bonds is 5. The molecule has 1 N–H and O–H groups in total. The molecule has 0 spiro atoms. The van der Waals surface area contributed by atoms with E-state index in [9.17, 15) is 4.79 Å². The number of carbonyl (C=O) groups is 1. The fraction of sp³-hybridized carbons (Fsp3) is 0.429. The maximum absolute atomic E-state index is 11.3. The van der Waals surface area contributed by atoms with Gasteiger partial charge in [-0.2, -0.15) is 5.10 Å². The summed E-state index contributed by atoms with van der Waals surface area (Å²) < 4.78 is 11.8. The predicted molar refractivity (Wildman–Crippen MR) is 73.2 cm³/mol. The molecule has 0 aliphatic carbocycles. The summed E-state index contributed by atoms with van der Waals surface area (Å²) in [6, 6.07) is 3.53. The summed E-state index contributed by atoms with van der Waals surface area (Å²) in [6.45, 7) is 4.63. The van der Waals surface area contributed by atoms with Crippen molar-refractivity contribution >= 4 is 5.97 Å². The Kier molecular flexibility index (Phi) is 4.24. The lowest BCUT2D eigenvalue weighted by Gasteiger charge is -2.12. The summed E-state index contributed by atoms with van der Waals surface area (Å²) in [6.07, 6.45) is 1.86. The van der Waals surface area contributed by atoms with Crippen LogP contribution in [0.1, 0.15) is 40.5 Å². The highest BCUT2D eigenvalue weighted by molar-refractivity contribution is 5.86. The number of carbonyl (C=O) groups excluding carboxylic acids is 1. The molecule has 2 aromatic heterocycles. The SMILES string of the molecule is COC(=O)c1ccc(CNC(C)c2cnn(C)c2C)o1. The lowest BCUT2D eigenvalue weighted by atomic mass is 10.1. The maximum atomic E-state index is 11.3. The second kappa shape index (κ2) is 5.92. The summed E-state index contributed by atoms with van der Waals surface area (Å²) in [5.41, 5.74) is 2.27. The molecule has 6 heteroatoms. The van der Waals surface area contributed by atoms with Crippen LogP contribution >= 0.6 is 0 Å². The van der Waals surface area contributed by atoms with Gasteiger partial charge in [-0.25, -0.2) is 4.79 Å². The molecule has 0 aliphatic heterocycles. The Bertz CT molecular complexity index is 601. The maximum Gasteiger partial charge on any atom is 0.373 e. The average molecular weight is 277 g/mol. The molecule has 0 radical (unpaired) electrons. The number of esters is 1. The summed E-state index contributed by atoms with van der Waals surface area (Å²) in [5.74, 6) is 0.445. The summed E-state index contributed by atoms with van der Waals surface area (Å²) in [4.78, 5) is 11.3. The van der Waals surface area contributed by atoms with Crippen molar-refractivity contribution in [2.75, 3.05) is 7.11 Å². The Morgan fingerprint density at radius 1 is 1.55 bits per heavy atom. The summed E-state index contributed by atoms with van der Waals surface area (Å²) in [7, 11) is 3.25. The molecule has 0 amide bonds. The van der Waals surface area contributed by atoms with Gasteiger partial charge in [0.05, 0.1) is 19.9 Å². The van der Waals surface area contributed by atoms with Gasteiger partial charge in [0.15, 0.2) is 0 Å². The van der Waals surface area contributed by atoms with Crippen LogP contribution in [-0.2, 0) is 18.3 Å². The molecule has 2 heterocycles. The number of ether oxygens (including phenoxy) is 1. The van der Waals surface area contributed by atoms with Crippen LogP contribution in [-0.4, -0.2) is 22.9 Å². The number of furan rings is 1. The Morgan fingerprint density at radius 3 is 2.90 bits per heavy atom. The van der Waals surface area contributed by atoms with Crippen molar-refractivity contribution in [1.29, 1.82) is 0 Å². The standard InChI is InChI=1S/C14H19N3O3/c1-9(12-8-16-17(3)10(12)2)15-7-11-5-6-13(20-11)14(18)19-4/h5-6,8-9,15H,7H2,1-4H3. The molecular formula is C14H19N3O3. The van der Waals surface area contributed by atoms with Crippen LogP contribution < -0.4 is 5.32 Å². The van der Waals surface area contributed by atoms with Gasteiger partial charge in [-0.3, -0.25) is 4.68 Å². The molecule has 0 bridgehead atoms. The van der Waals surface area contributed by atoms with Crippen LogP contribution in [0.2, 0.25) is 0 Å². The average Bonchev–Trinajstić information content (AvgIpc) is 3.04. The van der Waals surface area contributed by atoms with E-state index in [1.54, 1.807) is 12.1 Å². The minimum Gasteiger partial charge on any atom is -0.463 e. The van der Waals surface area contributed by atoms with E-state index in [-0.39, 0.29) is 11.8 Å². The zero-order valence-electron chi connectivity index (χ0n) is 12.1. The van der Waals surface area contributed by atoms with E-state index in [1.165, 1.54) is 7.11 Å². The summed E-state index contributed by atoms with van der Waals surface area (Å²) in [5, 5.41) is 7.56. The van der Waals surface area contributed by atoms with Crippen molar-refractivity contribution < 1.29 is 13.9 Å². The number of aromatic nitrogens is 2. The molecule has 0 saturated carbocycles. The Morgan fingerprint density at radius 2 is 2.30 bits per heavy atom. The van der Waals surface area contributed by atoms with Gasteiger partial charge >= 0.3 is 5.97 Å². The van der Waals surface area contributed by atoms with Crippen LogP contribution in [0, 0.1) is 6.92 Å². The molecule has 2 rings (SSSR count). The Hall–Kier alpha value is -2.08. The smallest absolute Gasteiger partial charge is 0.373 e. The number of aryl methyl sites for hydroxylation is 1. The third-order valence-electron chi connectivity index (χ3n) is 3.37. The lowest BCUT2D eigenvalue weighted by Crippen LogP contribution is -2.18. The van der Waals surface area contributed by atoms with E-state index in [0.29, 0.717) is 12.3 Å². The summed E-state index contributed by atoms with van der Waals surface area (Å²) >= 11 is 0. The third-order valence-corrected chi connectivity index (χ3v) is 3.37. The van der Waals surface area contributed by atoms with Crippen molar-refractivity contribution in [1.82, 2.24) is 15.1 Å². The molecule has 1 unspecified atom stereocenters. The number of nitrogens with one attached hydrogen (secondary N) is 1. The van der Waals surface area contributed by atoms with Crippen molar-refractivity contribution in [3.8, 4) is 0 Å². The molecule has 20 heavy (non-hydrogen) atoms. The first-order valence-electron chi connectivity index (χ1n) is 6.41. The van der Waals surface area contributed by atoms with Crippen LogP contribution in [0.25, 0.3) is 0 Å². The quantitative estimate of drug-likeness (QED) is 0.846. The highest BCUT2D eigenvalue weighted by atomic mass is 16.5. The van der Waals surface area contributed by atoms with E-state index >= 15 is 0 Å². The largest absolute Gasteiger partial charge is 0.463 e. The van der Waals surface area contributed by atoms with Crippen molar-refractivity contribution in [2.24, 2.45) is 7.05 Å². The first kappa shape index (κ1) is 14.3. The van der Waals surface area contributed by atoms with Gasteiger partial charge in [0.1, 0.15) is 5.76 Å². The van der Waals surface area contributed by atoms with Crippen molar-refractivity contribution in [3.05, 3.63) is 41.1 Å². The molecule has 0 fully saturated rings. The molecular weight excluding hydrogens is 258 g/mol. The van der Waals surface area contributed by atoms with E-state index in [1.807, 2.05) is 24.9 Å². The topological polar surface area (TPSA) is 69.3 Å². The van der Waals surface area contributed by atoms with Gasteiger partial charge in [-0.05, 0) is 26.0 Å². The second-order valence-corrected chi connectivity index (χ2v) is 4.67. The highest BCUT2D eigenvalue weighted by Gasteiger charge is 2.14. The molecule has 2 aromatic rings. The highest BCUT2D eigenvalue weighted by Crippen LogP contribution is 2.17. The van der Waals surface area contributed by atoms with Crippen LogP contribution in [0.15, 0.2) is 22.7 Å². The van der Waals surface area contributed by atoms with E-state index in [0.717, 1.165) is 11.3 Å². The van der Waals surface area contributed by atoms with Crippen LogP contribution in [0.4, 0.5) is 0 Å². The number of hydrogen-bond acceptors (Lipinski definition) is 5. The molecule has 6 nitrogen and oxygen atoms in total. The number of methoxy groups -OCH3 is 1. The first-order chi connectivity index (χ1) is 9.52. The van der Waals surface area contributed by atoms with Gasteiger partial charge < -0.3 is 14.5 Å². The monoisotopic (exact) mass is 277 g/mol. The lowest BCUT2D eigenvalue weighted by molar-refractivity contribution is 0.0563. The van der Waals surface area contributed by atoms with Crippen LogP contribution in [0.5, 0.6) is 0 Å². The minimum absolute atomic E-state index is 0.148. The zero-order chi connectivity index (χ0) is 14.7. The molecule has 0 aliphatic rings. The Labute approximate surface area is 117 Å². The predicted octanol–water partition coefficient (Wildman–Crippen LogP) is 1.96. The number of nitrogens with zero attached hydrogens (tertiary/aromatic N) is 2. The minimum atomic E-state index is -0.465. The fourth-order valence-electron chi connectivity index (χ4n) is 1.99. The Balaban J connectivity index is 1.96. The van der Waals surface area contributed by atoms with Crippen molar-refractivity contribution in [3.63, 3.8) is 0 Å². The van der Waals surface area contributed by atoms with E-state index in [4.69, 9.17) is 4.42 Å². The molecule has 1 atom stereocenters. The molecule has 0 saturated heterocycles. The number of hydrogen-bond donors (Lipinski definition) is 1. The van der Waals surface area contributed by atoms with Gasteiger partial charge in [0, 0.05) is 24.3 Å². The van der Waals surface area contributed by atoms with Gasteiger partial charge in [0.25, 0.3) is 0 Å². The second-order valence-electron chi connectivity index (χ2n) is 4.67. The third kappa shape index (κ3) is 2.91. The first-order valence-corrected chi connectivity index (χ1v) is 6.41. The fourth-order valence-corrected chi connectivity index (χ4v) is 1.99. The van der Waals surface area contributed by atoms with Gasteiger partial charge in [-0.1, -0.05) is 0 Å². The van der Waals surface area contributed by atoms with E-state index in [2.05, 4.69) is 22.1 Å². The molecule has 108 valence electrons.